The van der Waals surface area contributed by atoms with Crippen molar-refractivity contribution in [1.29, 1.82) is 0 Å². The maximum atomic E-state index is 13.2. The number of anilines is 3. The number of carbonyl (C=O) groups excluding carboxylic acids is 1. The van der Waals surface area contributed by atoms with Gasteiger partial charge in [-0.15, -0.1) is 0 Å². The first kappa shape index (κ1) is 17.5. The van der Waals surface area contributed by atoms with Gasteiger partial charge in [0.2, 0.25) is 0 Å². The first-order valence-electron chi connectivity index (χ1n) is 7.99. The third kappa shape index (κ3) is 4.03. The molecule has 0 aliphatic rings. The Morgan fingerprint density at radius 3 is 2.46 bits per heavy atom. The van der Waals surface area contributed by atoms with Crippen molar-refractivity contribution in [1.82, 2.24) is 4.98 Å². The van der Waals surface area contributed by atoms with Crippen LogP contribution < -0.4 is 10.6 Å². The third-order valence-corrected chi connectivity index (χ3v) is 3.86. The van der Waals surface area contributed by atoms with E-state index in [1.165, 1.54) is 12.3 Å². The maximum Gasteiger partial charge on any atom is 0.255 e. The van der Waals surface area contributed by atoms with Crippen molar-refractivity contribution in [2.45, 2.75) is 13.8 Å². The van der Waals surface area contributed by atoms with Crippen molar-refractivity contribution in [3.05, 3.63) is 83.1 Å². The molecule has 0 bridgehead atoms. The fraction of sp³-hybridized carbons (Fsp3) is 0.100. The molecule has 6 heteroatoms. The second-order valence-electron chi connectivity index (χ2n) is 5.96. The Labute approximate surface area is 149 Å². The number of nitrogens with zero attached hydrogens (tertiary/aromatic N) is 1. The zero-order valence-corrected chi connectivity index (χ0v) is 14.3. The van der Waals surface area contributed by atoms with E-state index in [4.69, 9.17) is 0 Å². The Kier molecular flexibility index (Phi) is 4.93. The van der Waals surface area contributed by atoms with E-state index >= 15 is 0 Å². The molecule has 1 heterocycles. The van der Waals surface area contributed by atoms with Crippen molar-refractivity contribution in [2.75, 3.05) is 10.6 Å². The summed E-state index contributed by atoms with van der Waals surface area (Å²) in [5.74, 6) is -1.97. The summed E-state index contributed by atoms with van der Waals surface area (Å²) in [6.45, 7) is 4.01. The van der Waals surface area contributed by atoms with Gasteiger partial charge in [-0.1, -0.05) is 12.1 Å². The number of carbonyl (C=O) groups is 1. The molecule has 3 aromatic rings. The lowest BCUT2D eigenvalue weighted by Gasteiger charge is -2.11. The Morgan fingerprint density at radius 1 is 0.962 bits per heavy atom. The second kappa shape index (κ2) is 7.31. The molecule has 2 N–H and O–H groups in total. The van der Waals surface area contributed by atoms with Crippen molar-refractivity contribution in [2.24, 2.45) is 0 Å². The number of nitrogens with one attached hydrogen (secondary N) is 2. The van der Waals surface area contributed by atoms with Crippen LogP contribution in [0.5, 0.6) is 0 Å². The number of benzene rings is 2. The minimum absolute atomic E-state index is 0.0292. The zero-order chi connectivity index (χ0) is 18.7. The van der Waals surface area contributed by atoms with Gasteiger partial charge >= 0.3 is 0 Å². The molecule has 2 aromatic carbocycles. The number of aromatic nitrogens is 1. The Hall–Kier alpha value is -3.28. The van der Waals surface area contributed by atoms with Gasteiger partial charge in [-0.2, -0.15) is 0 Å². The van der Waals surface area contributed by atoms with Crippen LogP contribution in [-0.4, -0.2) is 10.9 Å². The minimum atomic E-state index is -1.07. The molecule has 4 nitrogen and oxygen atoms in total. The summed E-state index contributed by atoms with van der Waals surface area (Å²) in [4.78, 5) is 16.4. The summed E-state index contributed by atoms with van der Waals surface area (Å²) in [5.41, 5.74) is 3.66. The van der Waals surface area contributed by atoms with Crippen LogP contribution in [0.2, 0.25) is 0 Å². The first-order valence-corrected chi connectivity index (χ1v) is 7.99. The van der Waals surface area contributed by atoms with Crippen LogP contribution in [0.3, 0.4) is 0 Å². The highest BCUT2D eigenvalue weighted by atomic mass is 19.2. The molecule has 1 aromatic heterocycles. The van der Waals surface area contributed by atoms with Gasteiger partial charge in [0.25, 0.3) is 5.91 Å². The highest BCUT2D eigenvalue weighted by Crippen LogP contribution is 2.21. The number of aryl methyl sites for hydroxylation is 2. The van der Waals surface area contributed by atoms with E-state index in [2.05, 4.69) is 15.6 Å². The topological polar surface area (TPSA) is 54.0 Å². The van der Waals surface area contributed by atoms with Crippen molar-refractivity contribution < 1.29 is 13.6 Å². The standard InChI is InChI=1S/C20H17F2N3O/c1-12-3-4-13(2)18(9-12)25-19-8-6-15(11-23-19)24-20(26)14-5-7-16(21)17(22)10-14/h3-11H,1-2H3,(H,23,25)(H,24,26). The van der Waals surface area contributed by atoms with E-state index in [9.17, 15) is 13.6 Å². The number of pyridine rings is 1. The number of rotatable bonds is 4. The van der Waals surface area contributed by atoms with Gasteiger partial charge in [-0.05, 0) is 61.4 Å². The van der Waals surface area contributed by atoms with Gasteiger partial charge < -0.3 is 10.6 Å². The molecule has 0 unspecified atom stereocenters. The predicted octanol–water partition coefficient (Wildman–Crippen LogP) is 4.97. The summed E-state index contributed by atoms with van der Waals surface area (Å²) in [6, 6.07) is 12.5. The summed E-state index contributed by atoms with van der Waals surface area (Å²) in [7, 11) is 0. The molecular weight excluding hydrogens is 336 g/mol. The van der Waals surface area contributed by atoms with Gasteiger partial charge in [0.15, 0.2) is 11.6 Å². The lowest BCUT2D eigenvalue weighted by molar-refractivity contribution is 0.102. The highest BCUT2D eigenvalue weighted by molar-refractivity contribution is 6.04. The molecule has 26 heavy (non-hydrogen) atoms. The minimum Gasteiger partial charge on any atom is -0.340 e. The van der Waals surface area contributed by atoms with Crippen LogP contribution in [0, 0.1) is 25.5 Å². The van der Waals surface area contributed by atoms with E-state index in [0.29, 0.717) is 11.5 Å². The largest absolute Gasteiger partial charge is 0.340 e. The van der Waals surface area contributed by atoms with Crippen LogP contribution >= 0.6 is 0 Å². The zero-order valence-electron chi connectivity index (χ0n) is 14.3. The average molecular weight is 353 g/mol. The van der Waals surface area contributed by atoms with Crippen molar-refractivity contribution in [3.63, 3.8) is 0 Å². The monoisotopic (exact) mass is 353 g/mol. The van der Waals surface area contributed by atoms with Crippen LogP contribution in [0.4, 0.5) is 26.0 Å². The van der Waals surface area contributed by atoms with E-state index in [1.807, 2.05) is 32.0 Å². The fourth-order valence-corrected chi connectivity index (χ4v) is 2.39. The van der Waals surface area contributed by atoms with Crippen LogP contribution in [0.25, 0.3) is 0 Å². The second-order valence-corrected chi connectivity index (χ2v) is 5.96. The highest BCUT2D eigenvalue weighted by Gasteiger charge is 2.10. The third-order valence-electron chi connectivity index (χ3n) is 3.86. The van der Waals surface area contributed by atoms with Crippen LogP contribution in [0.15, 0.2) is 54.7 Å². The lowest BCUT2D eigenvalue weighted by atomic mass is 10.1. The summed E-state index contributed by atoms with van der Waals surface area (Å²) >= 11 is 0. The number of hydrogen-bond acceptors (Lipinski definition) is 3. The van der Waals surface area contributed by atoms with Gasteiger partial charge in [0.1, 0.15) is 5.82 Å². The van der Waals surface area contributed by atoms with Crippen LogP contribution in [0.1, 0.15) is 21.5 Å². The van der Waals surface area contributed by atoms with Crippen molar-refractivity contribution >= 4 is 23.1 Å². The molecule has 3 rings (SSSR count). The fourth-order valence-electron chi connectivity index (χ4n) is 2.39. The van der Waals surface area contributed by atoms with E-state index in [-0.39, 0.29) is 5.56 Å². The molecule has 0 aliphatic carbocycles. The maximum absolute atomic E-state index is 13.2. The molecular formula is C20H17F2N3O. The molecule has 132 valence electrons. The molecule has 0 saturated carbocycles. The molecule has 0 fully saturated rings. The number of amides is 1. The molecule has 0 radical (unpaired) electrons. The van der Waals surface area contributed by atoms with E-state index < -0.39 is 17.5 Å². The molecule has 0 saturated heterocycles. The Bertz CT molecular complexity index is 956. The summed E-state index contributed by atoms with van der Waals surface area (Å²) < 4.78 is 26.2. The molecule has 0 aliphatic heterocycles. The van der Waals surface area contributed by atoms with E-state index in [1.54, 1.807) is 12.1 Å². The van der Waals surface area contributed by atoms with Gasteiger partial charge in [0.05, 0.1) is 11.9 Å². The number of halogens is 2. The van der Waals surface area contributed by atoms with Gasteiger partial charge in [0, 0.05) is 11.3 Å². The van der Waals surface area contributed by atoms with Crippen LogP contribution in [-0.2, 0) is 0 Å². The normalized spacial score (nSPS) is 10.5. The average Bonchev–Trinajstić information content (AvgIpc) is 2.62. The first-order chi connectivity index (χ1) is 12.4. The quantitative estimate of drug-likeness (QED) is 0.696. The summed E-state index contributed by atoms with van der Waals surface area (Å²) in [6.07, 6.45) is 1.49. The summed E-state index contributed by atoms with van der Waals surface area (Å²) in [5, 5.41) is 5.82. The molecule has 0 atom stereocenters. The predicted molar refractivity (Wildman–Crippen MR) is 97.7 cm³/mol. The van der Waals surface area contributed by atoms with Crippen molar-refractivity contribution in [3.8, 4) is 0 Å². The Balaban J connectivity index is 1.70. The SMILES string of the molecule is Cc1ccc(C)c(Nc2ccc(NC(=O)c3ccc(F)c(F)c3)cn2)c1. The molecule has 1 amide bonds. The van der Waals surface area contributed by atoms with Gasteiger partial charge in [-0.3, -0.25) is 4.79 Å². The number of hydrogen-bond donors (Lipinski definition) is 2. The van der Waals surface area contributed by atoms with E-state index in [0.717, 1.165) is 28.9 Å². The smallest absolute Gasteiger partial charge is 0.255 e. The Morgan fingerprint density at radius 2 is 1.77 bits per heavy atom. The van der Waals surface area contributed by atoms with Gasteiger partial charge in [-0.25, -0.2) is 13.8 Å². The lowest BCUT2D eigenvalue weighted by Crippen LogP contribution is -2.12. The molecule has 0 spiro atoms.